The van der Waals surface area contributed by atoms with Crippen molar-refractivity contribution in [2.45, 2.75) is 12.6 Å². The third-order valence-electron chi connectivity index (χ3n) is 1.89. The van der Waals surface area contributed by atoms with E-state index in [1.54, 1.807) is 0 Å². The average Bonchev–Trinajstić information content (AvgIpc) is 2.44. The van der Waals surface area contributed by atoms with Crippen molar-refractivity contribution in [1.29, 1.82) is 0 Å². The molecule has 1 aromatic rings. The van der Waals surface area contributed by atoms with E-state index in [1.807, 2.05) is 0 Å². The fraction of sp³-hybridized carbons (Fsp3) is 0.286. The second kappa shape index (κ2) is 2.81. The smallest absolute Gasteiger partial charge is 0.383 e. The van der Waals surface area contributed by atoms with Crippen LogP contribution in [-0.4, -0.2) is 15.9 Å². The number of nitrogen functional groups attached to an aromatic ring is 1. The lowest BCUT2D eigenvalue weighted by Crippen LogP contribution is -2.14. The van der Waals surface area contributed by atoms with Crippen molar-refractivity contribution >= 4 is 17.5 Å². The van der Waals surface area contributed by atoms with Crippen LogP contribution in [0.1, 0.15) is 11.4 Å². The molecule has 8 heteroatoms. The van der Waals surface area contributed by atoms with Crippen LogP contribution in [0, 0.1) is 0 Å². The lowest BCUT2D eigenvalue weighted by atomic mass is 10.2. The first-order valence-corrected chi connectivity index (χ1v) is 3.91. The molecular formula is C7H5F3N4O. The lowest BCUT2D eigenvalue weighted by Gasteiger charge is -2.07. The molecule has 1 aliphatic heterocycles. The van der Waals surface area contributed by atoms with Crippen molar-refractivity contribution < 1.29 is 18.0 Å². The Morgan fingerprint density at radius 3 is 2.60 bits per heavy atom. The minimum atomic E-state index is -4.67. The fourth-order valence-electron chi connectivity index (χ4n) is 1.24. The maximum Gasteiger partial charge on any atom is 0.451 e. The van der Waals surface area contributed by atoms with E-state index in [-0.39, 0.29) is 23.6 Å². The van der Waals surface area contributed by atoms with Crippen LogP contribution in [0.15, 0.2) is 0 Å². The minimum Gasteiger partial charge on any atom is -0.383 e. The second-order valence-electron chi connectivity index (χ2n) is 2.98. The van der Waals surface area contributed by atoms with E-state index < -0.39 is 17.9 Å². The van der Waals surface area contributed by atoms with Crippen molar-refractivity contribution in [2.75, 3.05) is 11.1 Å². The quantitative estimate of drug-likeness (QED) is 0.667. The lowest BCUT2D eigenvalue weighted by molar-refractivity contribution is -0.144. The summed E-state index contributed by atoms with van der Waals surface area (Å²) >= 11 is 0. The van der Waals surface area contributed by atoms with Gasteiger partial charge in [-0.05, 0) is 0 Å². The van der Waals surface area contributed by atoms with Crippen LogP contribution in [0.4, 0.5) is 24.8 Å². The minimum absolute atomic E-state index is 0.0840. The fourth-order valence-corrected chi connectivity index (χ4v) is 1.24. The number of hydrogen-bond donors (Lipinski definition) is 2. The van der Waals surface area contributed by atoms with Gasteiger partial charge >= 0.3 is 6.18 Å². The molecule has 0 saturated heterocycles. The maximum atomic E-state index is 12.2. The standard InChI is InChI=1S/C7H5F3N4O/c8-7(9,10)6-13-4(11)2-1-3(15)12-5(2)14-6/h1H2,(H3,11,12,13,14,15). The van der Waals surface area contributed by atoms with Crippen molar-refractivity contribution in [1.82, 2.24) is 9.97 Å². The number of nitrogens with two attached hydrogens (primary N) is 1. The van der Waals surface area contributed by atoms with Gasteiger partial charge in [0.1, 0.15) is 11.6 Å². The molecular weight excluding hydrogens is 213 g/mol. The van der Waals surface area contributed by atoms with Gasteiger partial charge in [0.2, 0.25) is 11.7 Å². The highest BCUT2D eigenvalue weighted by molar-refractivity contribution is 5.99. The molecule has 2 rings (SSSR count). The number of hydrogen-bond acceptors (Lipinski definition) is 4. The van der Waals surface area contributed by atoms with E-state index in [0.717, 1.165) is 0 Å². The third-order valence-corrected chi connectivity index (χ3v) is 1.89. The topological polar surface area (TPSA) is 80.9 Å². The normalized spacial score (nSPS) is 15.0. The molecule has 0 bridgehead atoms. The summed E-state index contributed by atoms with van der Waals surface area (Å²) in [5, 5.41) is 2.18. The van der Waals surface area contributed by atoms with Gasteiger partial charge in [0.15, 0.2) is 0 Å². The van der Waals surface area contributed by atoms with Crippen LogP contribution in [0.3, 0.4) is 0 Å². The van der Waals surface area contributed by atoms with Gasteiger partial charge < -0.3 is 11.1 Å². The van der Waals surface area contributed by atoms with Crippen LogP contribution in [0.25, 0.3) is 0 Å². The summed E-state index contributed by atoms with van der Waals surface area (Å²) in [6.07, 6.45) is -4.75. The number of nitrogens with zero attached hydrogens (tertiary/aromatic N) is 2. The van der Waals surface area contributed by atoms with E-state index in [4.69, 9.17) is 5.73 Å². The Morgan fingerprint density at radius 2 is 2.00 bits per heavy atom. The predicted octanol–water partition coefficient (Wildman–Crippen LogP) is 0.572. The van der Waals surface area contributed by atoms with E-state index in [2.05, 4.69) is 15.3 Å². The zero-order valence-electron chi connectivity index (χ0n) is 7.22. The molecule has 0 fully saturated rings. The SMILES string of the molecule is Nc1nc(C(F)(F)F)nc2c1CC(=O)N2. The summed E-state index contributed by atoms with van der Waals surface area (Å²) in [4.78, 5) is 17.2. The average molecular weight is 218 g/mol. The molecule has 0 unspecified atom stereocenters. The van der Waals surface area contributed by atoms with Crippen LogP contribution < -0.4 is 11.1 Å². The monoisotopic (exact) mass is 218 g/mol. The number of halogens is 3. The first kappa shape index (κ1) is 9.69. The molecule has 1 amide bonds. The van der Waals surface area contributed by atoms with Crippen molar-refractivity contribution in [2.24, 2.45) is 0 Å². The number of carbonyl (C=O) groups is 1. The number of anilines is 2. The molecule has 80 valence electrons. The summed E-state index contributed by atoms with van der Waals surface area (Å²) in [5.74, 6) is -2.25. The largest absolute Gasteiger partial charge is 0.451 e. The van der Waals surface area contributed by atoms with E-state index >= 15 is 0 Å². The van der Waals surface area contributed by atoms with Gasteiger partial charge in [-0.2, -0.15) is 13.2 Å². The number of amides is 1. The Bertz CT molecular complexity index is 443. The number of aromatic nitrogens is 2. The number of alkyl halides is 3. The zero-order valence-corrected chi connectivity index (χ0v) is 7.22. The maximum absolute atomic E-state index is 12.2. The second-order valence-corrected chi connectivity index (χ2v) is 2.98. The number of fused-ring (bicyclic) bond motifs is 1. The number of nitrogens with one attached hydrogen (secondary N) is 1. The molecule has 3 N–H and O–H groups in total. The Hall–Kier alpha value is -1.86. The van der Waals surface area contributed by atoms with Crippen molar-refractivity contribution in [3.05, 3.63) is 11.4 Å². The summed E-state index contributed by atoms with van der Waals surface area (Å²) < 4.78 is 36.7. The predicted molar refractivity (Wildman–Crippen MR) is 43.8 cm³/mol. The van der Waals surface area contributed by atoms with Crippen LogP contribution in [0.5, 0.6) is 0 Å². The van der Waals surface area contributed by atoms with Gasteiger partial charge in [0.25, 0.3) is 0 Å². The van der Waals surface area contributed by atoms with E-state index in [1.165, 1.54) is 0 Å². The molecule has 0 saturated carbocycles. The number of rotatable bonds is 0. The first-order valence-electron chi connectivity index (χ1n) is 3.91. The summed E-state index contributed by atoms with van der Waals surface area (Å²) in [6, 6.07) is 0. The van der Waals surface area contributed by atoms with Gasteiger partial charge in [-0.1, -0.05) is 0 Å². The summed E-state index contributed by atoms with van der Waals surface area (Å²) in [6.45, 7) is 0. The third kappa shape index (κ3) is 1.58. The molecule has 0 aliphatic carbocycles. The van der Waals surface area contributed by atoms with Gasteiger partial charge in [0, 0.05) is 5.56 Å². The highest BCUT2D eigenvalue weighted by atomic mass is 19.4. The Balaban J connectivity index is 2.54. The molecule has 0 radical (unpaired) electrons. The Kier molecular flexibility index (Phi) is 1.82. The van der Waals surface area contributed by atoms with Gasteiger partial charge in [-0.15, -0.1) is 0 Å². The van der Waals surface area contributed by atoms with Gasteiger partial charge in [-0.3, -0.25) is 4.79 Å². The van der Waals surface area contributed by atoms with Crippen LogP contribution >= 0.6 is 0 Å². The van der Waals surface area contributed by atoms with Crippen molar-refractivity contribution in [3.8, 4) is 0 Å². The highest BCUT2D eigenvalue weighted by Gasteiger charge is 2.37. The molecule has 1 aromatic heterocycles. The summed E-state index contributed by atoms with van der Waals surface area (Å²) in [7, 11) is 0. The molecule has 2 heterocycles. The molecule has 15 heavy (non-hydrogen) atoms. The molecule has 1 aliphatic rings. The Morgan fingerprint density at radius 1 is 1.33 bits per heavy atom. The molecule has 0 spiro atoms. The highest BCUT2D eigenvalue weighted by Crippen LogP contribution is 2.31. The van der Waals surface area contributed by atoms with Gasteiger partial charge in [0.05, 0.1) is 6.42 Å². The number of carbonyl (C=O) groups excluding carboxylic acids is 1. The molecule has 5 nitrogen and oxygen atoms in total. The Labute approximate surface area is 81.5 Å². The zero-order chi connectivity index (χ0) is 11.2. The summed E-state index contributed by atoms with van der Waals surface area (Å²) in [5.41, 5.74) is 5.50. The first-order chi connectivity index (χ1) is 6.88. The van der Waals surface area contributed by atoms with E-state index in [0.29, 0.717) is 0 Å². The van der Waals surface area contributed by atoms with E-state index in [9.17, 15) is 18.0 Å². The van der Waals surface area contributed by atoms with Crippen LogP contribution in [0.2, 0.25) is 0 Å². The van der Waals surface area contributed by atoms with Gasteiger partial charge in [-0.25, -0.2) is 9.97 Å². The van der Waals surface area contributed by atoms with Crippen molar-refractivity contribution in [3.63, 3.8) is 0 Å². The molecule has 0 aromatic carbocycles. The van der Waals surface area contributed by atoms with Crippen LogP contribution in [-0.2, 0) is 17.4 Å². The molecule has 0 atom stereocenters.